The third-order valence-electron chi connectivity index (χ3n) is 3.50. The number of anilines is 1. The highest BCUT2D eigenvalue weighted by Gasteiger charge is 2.41. The number of nitrogens with one attached hydrogen (secondary N) is 1. The lowest BCUT2D eigenvalue weighted by molar-refractivity contribution is 0.0687. The van der Waals surface area contributed by atoms with Crippen LogP contribution >= 0.6 is 11.3 Å². The molecule has 6 heteroatoms. The van der Waals surface area contributed by atoms with E-state index in [1.807, 2.05) is 0 Å². The van der Waals surface area contributed by atoms with Gasteiger partial charge in [-0.3, -0.25) is 4.79 Å². The van der Waals surface area contributed by atoms with Crippen LogP contribution in [0.15, 0.2) is 0 Å². The Morgan fingerprint density at radius 3 is 2.58 bits per heavy atom. The van der Waals surface area contributed by atoms with Crippen molar-refractivity contribution in [1.82, 2.24) is 4.98 Å². The maximum Gasteiger partial charge on any atom is 0.356 e. The third kappa shape index (κ3) is 3.12. The molecule has 1 heterocycles. The standard InChI is InChI=1S/C13H18N2O3S/c1-3-4-13(5-6-13)7-14-12-15-9(11(17)18)10(19-12)8(2)16/h3-7H2,1-2H3,(H,14,15)(H,17,18). The minimum absolute atomic E-state index is 0.139. The molecule has 0 spiro atoms. The van der Waals surface area contributed by atoms with Gasteiger partial charge in [-0.25, -0.2) is 9.78 Å². The molecule has 0 radical (unpaired) electrons. The number of Topliss-reactive ketones (excluding diaryl/α,β-unsaturated/α-hetero) is 1. The van der Waals surface area contributed by atoms with Crippen LogP contribution in [0.25, 0.3) is 0 Å². The molecule has 0 aliphatic heterocycles. The molecule has 1 aliphatic rings. The van der Waals surface area contributed by atoms with Crippen molar-refractivity contribution >= 4 is 28.2 Å². The largest absolute Gasteiger partial charge is 0.476 e. The number of thiazole rings is 1. The smallest absolute Gasteiger partial charge is 0.356 e. The van der Waals surface area contributed by atoms with Gasteiger partial charge in [-0.15, -0.1) is 0 Å². The summed E-state index contributed by atoms with van der Waals surface area (Å²) in [4.78, 5) is 26.6. The van der Waals surface area contributed by atoms with Crippen LogP contribution in [0.1, 0.15) is 59.7 Å². The molecule has 19 heavy (non-hydrogen) atoms. The van der Waals surface area contributed by atoms with Crippen LogP contribution in [0.2, 0.25) is 0 Å². The summed E-state index contributed by atoms with van der Waals surface area (Å²) in [6.45, 7) is 4.34. The van der Waals surface area contributed by atoms with Gasteiger partial charge in [-0.2, -0.15) is 0 Å². The first-order valence-corrected chi connectivity index (χ1v) is 7.28. The molecule has 104 valence electrons. The highest BCUT2D eigenvalue weighted by Crippen LogP contribution is 2.49. The lowest BCUT2D eigenvalue weighted by Crippen LogP contribution is -2.15. The first-order chi connectivity index (χ1) is 8.97. The van der Waals surface area contributed by atoms with Crippen LogP contribution in [0.4, 0.5) is 5.13 Å². The van der Waals surface area contributed by atoms with Crippen LogP contribution in [0.5, 0.6) is 0 Å². The van der Waals surface area contributed by atoms with E-state index in [1.165, 1.54) is 26.2 Å². The summed E-state index contributed by atoms with van der Waals surface area (Å²) in [5.41, 5.74) is 0.223. The minimum atomic E-state index is -1.15. The molecule has 0 atom stereocenters. The van der Waals surface area contributed by atoms with E-state index in [4.69, 9.17) is 5.11 Å². The monoisotopic (exact) mass is 282 g/mol. The Morgan fingerprint density at radius 1 is 1.47 bits per heavy atom. The summed E-state index contributed by atoms with van der Waals surface area (Å²) in [5, 5.41) is 12.7. The Labute approximate surface area is 116 Å². The van der Waals surface area contributed by atoms with Gasteiger partial charge in [0.25, 0.3) is 0 Å². The Hall–Kier alpha value is -1.43. The summed E-state index contributed by atoms with van der Waals surface area (Å²) >= 11 is 1.13. The molecule has 1 aromatic rings. The van der Waals surface area contributed by atoms with Crippen LogP contribution in [-0.2, 0) is 0 Å². The Bertz CT molecular complexity index is 474. The van der Waals surface area contributed by atoms with Gasteiger partial charge in [0.15, 0.2) is 16.6 Å². The summed E-state index contributed by atoms with van der Waals surface area (Å²) in [6.07, 6.45) is 4.75. The van der Waals surface area contributed by atoms with Gasteiger partial charge in [0.2, 0.25) is 0 Å². The van der Waals surface area contributed by atoms with Gasteiger partial charge in [0, 0.05) is 13.5 Å². The molecule has 2 N–H and O–H groups in total. The van der Waals surface area contributed by atoms with Gasteiger partial charge in [0.1, 0.15) is 4.88 Å². The molecule has 2 rings (SSSR count). The second kappa shape index (κ2) is 5.28. The normalized spacial score (nSPS) is 16.1. The van der Waals surface area contributed by atoms with E-state index < -0.39 is 5.97 Å². The zero-order chi connectivity index (χ0) is 14.0. The number of ketones is 1. The number of carboxylic acid groups (broad SMARTS) is 1. The van der Waals surface area contributed by atoms with E-state index >= 15 is 0 Å². The number of hydrogen-bond acceptors (Lipinski definition) is 5. The van der Waals surface area contributed by atoms with Crippen molar-refractivity contribution in [2.24, 2.45) is 5.41 Å². The van der Waals surface area contributed by atoms with Gasteiger partial charge < -0.3 is 10.4 Å². The summed E-state index contributed by atoms with van der Waals surface area (Å²) in [5.74, 6) is -1.40. The van der Waals surface area contributed by atoms with Gasteiger partial charge >= 0.3 is 5.97 Å². The van der Waals surface area contributed by atoms with Crippen molar-refractivity contribution in [3.8, 4) is 0 Å². The van der Waals surface area contributed by atoms with E-state index in [2.05, 4.69) is 17.2 Å². The summed E-state index contributed by atoms with van der Waals surface area (Å²) < 4.78 is 0. The average molecular weight is 282 g/mol. The molecule has 1 fully saturated rings. The molecule has 0 aromatic carbocycles. The quantitative estimate of drug-likeness (QED) is 0.751. The SMILES string of the molecule is CCCC1(CNc2nc(C(=O)O)c(C(C)=O)s2)CC1. The van der Waals surface area contributed by atoms with Crippen molar-refractivity contribution in [1.29, 1.82) is 0 Å². The van der Waals surface area contributed by atoms with Crippen molar-refractivity contribution < 1.29 is 14.7 Å². The number of aromatic carboxylic acids is 1. The Kier molecular flexibility index (Phi) is 3.89. The minimum Gasteiger partial charge on any atom is -0.476 e. The lowest BCUT2D eigenvalue weighted by atomic mass is 10.0. The predicted octanol–water partition coefficient (Wildman–Crippen LogP) is 3.04. The van der Waals surface area contributed by atoms with Crippen LogP contribution in [0, 0.1) is 5.41 Å². The van der Waals surface area contributed by atoms with E-state index in [0.717, 1.165) is 24.3 Å². The lowest BCUT2D eigenvalue weighted by Gasteiger charge is -2.13. The molecule has 1 aliphatic carbocycles. The fourth-order valence-electron chi connectivity index (χ4n) is 2.26. The van der Waals surface area contributed by atoms with E-state index in [-0.39, 0.29) is 16.4 Å². The maximum absolute atomic E-state index is 11.4. The second-order valence-corrected chi connectivity index (χ2v) is 6.16. The zero-order valence-corrected chi connectivity index (χ0v) is 12.0. The molecule has 1 aromatic heterocycles. The molecule has 0 bridgehead atoms. The summed E-state index contributed by atoms with van der Waals surface area (Å²) in [7, 11) is 0. The maximum atomic E-state index is 11.4. The molecular weight excluding hydrogens is 264 g/mol. The van der Waals surface area contributed by atoms with Crippen molar-refractivity contribution in [2.75, 3.05) is 11.9 Å². The zero-order valence-electron chi connectivity index (χ0n) is 11.2. The highest BCUT2D eigenvalue weighted by molar-refractivity contribution is 7.17. The number of nitrogens with zero attached hydrogens (tertiary/aromatic N) is 1. The number of aromatic nitrogens is 1. The van der Waals surface area contributed by atoms with Crippen molar-refractivity contribution in [3.05, 3.63) is 10.6 Å². The predicted molar refractivity (Wildman–Crippen MR) is 74.1 cm³/mol. The van der Waals surface area contributed by atoms with E-state index in [1.54, 1.807) is 0 Å². The number of carbonyl (C=O) groups excluding carboxylic acids is 1. The Morgan fingerprint density at radius 2 is 2.16 bits per heavy atom. The number of rotatable bonds is 7. The topological polar surface area (TPSA) is 79.3 Å². The van der Waals surface area contributed by atoms with Crippen LogP contribution in [-0.4, -0.2) is 28.4 Å². The molecule has 0 amide bonds. The number of carbonyl (C=O) groups is 2. The number of hydrogen-bond donors (Lipinski definition) is 2. The average Bonchev–Trinajstić information content (AvgIpc) is 2.96. The first kappa shape index (κ1) is 14.0. The molecule has 0 unspecified atom stereocenters. The fourth-order valence-corrected chi connectivity index (χ4v) is 3.11. The number of carboxylic acids is 1. The molecule has 1 saturated carbocycles. The van der Waals surface area contributed by atoms with E-state index in [0.29, 0.717) is 10.5 Å². The highest BCUT2D eigenvalue weighted by atomic mass is 32.1. The molecule has 5 nitrogen and oxygen atoms in total. The van der Waals surface area contributed by atoms with E-state index in [9.17, 15) is 9.59 Å². The van der Waals surface area contributed by atoms with Crippen molar-refractivity contribution in [2.45, 2.75) is 39.5 Å². The third-order valence-corrected chi connectivity index (χ3v) is 4.62. The molecular formula is C13H18N2O3S. The van der Waals surface area contributed by atoms with Gasteiger partial charge in [0.05, 0.1) is 0 Å². The van der Waals surface area contributed by atoms with Crippen LogP contribution in [0.3, 0.4) is 0 Å². The fraction of sp³-hybridized carbons (Fsp3) is 0.615. The molecule has 0 saturated heterocycles. The second-order valence-electron chi connectivity index (χ2n) is 5.16. The van der Waals surface area contributed by atoms with Gasteiger partial charge in [-0.05, 0) is 24.7 Å². The van der Waals surface area contributed by atoms with Crippen LogP contribution < -0.4 is 5.32 Å². The summed E-state index contributed by atoms with van der Waals surface area (Å²) in [6, 6.07) is 0. The van der Waals surface area contributed by atoms with Crippen molar-refractivity contribution in [3.63, 3.8) is 0 Å². The Balaban J connectivity index is 2.07. The first-order valence-electron chi connectivity index (χ1n) is 6.46. The van der Waals surface area contributed by atoms with Gasteiger partial charge in [-0.1, -0.05) is 24.7 Å².